The van der Waals surface area contributed by atoms with Crippen molar-refractivity contribution >= 4 is 83.9 Å². The summed E-state index contributed by atoms with van der Waals surface area (Å²) in [5, 5.41) is 26.4. The van der Waals surface area contributed by atoms with E-state index in [0.29, 0.717) is 34.1 Å². The molecular weight excluding hydrogens is 1200 g/mol. The van der Waals surface area contributed by atoms with E-state index in [1.807, 2.05) is 74.4 Å². The predicted octanol–water partition coefficient (Wildman–Crippen LogP) is 12.8. The Morgan fingerprint density at radius 3 is 1.14 bits per heavy atom. The molecule has 3 fully saturated rings. The minimum Gasteiger partial charge on any atom is -0.437 e. The maximum atomic E-state index is 13.2. The molecule has 0 spiro atoms. The van der Waals surface area contributed by atoms with E-state index in [-0.39, 0.29) is 11.9 Å². The van der Waals surface area contributed by atoms with Gasteiger partial charge < -0.3 is 44.7 Å². The Labute approximate surface area is 548 Å². The molecule has 15 nitrogen and oxygen atoms in total. The van der Waals surface area contributed by atoms with Crippen LogP contribution in [0.15, 0.2) is 253 Å². The summed E-state index contributed by atoms with van der Waals surface area (Å²) in [5.41, 5.74) is 9.86. The first-order valence-corrected chi connectivity index (χ1v) is 35.5. The van der Waals surface area contributed by atoms with Crippen LogP contribution in [0.3, 0.4) is 0 Å². The van der Waals surface area contributed by atoms with Gasteiger partial charge in [-0.1, -0.05) is 127 Å². The molecule has 3 saturated heterocycles. The van der Waals surface area contributed by atoms with Crippen LogP contribution in [0.2, 0.25) is 13.6 Å². The van der Waals surface area contributed by atoms with Crippen LogP contribution < -0.4 is 20.0 Å². The number of H-pyrrole nitrogens is 1. The summed E-state index contributed by atoms with van der Waals surface area (Å²) in [6, 6.07) is 74.7. The van der Waals surface area contributed by atoms with E-state index < -0.39 is 27.1 Å². The van der Waals surface area contributed by atoms with Gasteiger partial charge in [-0.15, -0.1) is 0 Å². The summed E-state index contributed by atoms with van der Waals surface area (Å²) in [6.07, 6.45) is 11.5. The zero-order valence-corrected chi connectivity index (χ0v) is 54.7. The number of anilines is 3. The quantitative estimate of drug-likeness (QED) is 0.0603. The number of aromatic amines is 1. The van der Waals surface area contributed by atoms with Crippen LogP contribution in [0.5, 0.6) is 0 Å². The predicted molar refractivity (Wildman–Crippen MR) is 381 cm³/mol. The Bertz CT molecular complexity index is 4410. The van der Waals surface area contributed by atoms with Crippen molar-refractivity contribution in [3.05, 3.63) is 260 Å². The van der Waals surface area contributed by atoms with Crippen molar-refractivity contribution in [2.45, 2.75) is 99.7 Å². The van der Waals surface area contributed by atoms with Gasteiger partial charge >= 0.3 is 14.1 Å². The lowest BCUT2D eigenvalue weighted by atomic mass is 9.82. The van der Waals surface area contributed by atoms with Crippen LogP contribution in [0.1, 0.15) is 55.2 Å². The summed E-state index contributed by atoms with van der Waals surface area (Å²) in [4.78, 5) is 15.6. The molecule has 4 N–H and O–H groups in total. The summed E-state index contributed by atoms with van der Waals surface area (Å²) >= 11 is 0. The SMILES string of the molecule is CB(O)N1CCC(N(Cc2ccccc2)c2ccc3[nH]ccc3c2)CC1.CB(O)N1CCC(N(Cc2ccccc2)c2ccc3c(ccn3S(=O)(=O)c3ccccc3)c2)CC1.O=S(=O)(c1ccccc1)n1ccc2cc(N(Cc3ccccc3)C3CCNCC3)ccc21. The Hall–Kier alpha value is -8.39. The average molecular weight is 1280 g/mol. The maximum Gasteiger partial charge on any atom is 0.376 e. The van der Waals surface area contributed by atoms with Gasteiger partial charge in [0, 0.05) is 95.1 Å². The van der Waals surface area contributed by atoms with Crippen molar-refractivity contribution in [2.75, 3.05) is 54.0 Å². The maximum absolute atomic E-state index is 13.2. The van der Waals surface area contributed by atoms with Gasteiger partial charge in [-0.3, -0.25) is 0 Å². The molecule has 8 aromatic carbocycles. The van der Waals surface area contributed by atoms with Gasteiger partial charge in [0.25, 0.3) is 20.0 Å². The highest BCUT2D eigenvalue weighted by molar-refractivity contribution is 7.90. The number of hydrogen-bond donors (Lipinski definition) is 4. The van der Waals surface area contributed by atoms with Crippen LogP contribution in [0.25, 0.3) is 32.7 Å². The smallest absolute Gasteiger partial charge is 0.376 e. The lowest BCUT2D eigenvalue weighted by Gasteiger charge is -2.40. The number of hydrogen-bond acceptors (Lipinski definition) is 12. The highest BCUT2D eigenvalue weighted by atomic mass is 32.2. The van der Waals surface area contributed by atoms with Gasteiger partial charge in [-0.2, -0.15) is 0 Å². The number of nitrogens with one attached hydrogen (secondary N) is 2. The minimum atomic E-state index is -3.66. The molecule has 0 saturated carbocycles. The van der Waals surface area contributed by atoms with Crippen molar-refractivity contribution < 1.29 is 26.9 Å². The van der Waals surface area contributed by atoms with Gasteiger partial charge in [-0.25, -0.2) is 24.8 Å². The van der Waals surface area contributed by atoms with Gasteiger partial charge in [0.15, 0.2) is 0 Å². The van der Waals surface area contributed by atoms with Crippen LogP contribution >= 0.6 is 0 Å². The fourth-order valence-corrected chi connectivity index (χ4v) is 16.3. The van der Waals surface area contributed by atoms with Crippen molar-refractivity contribution in [3.63, 3.8) is 0 Å². The van der Waals surface area contributed by atoms with Crippen LogP contribution in [-0.4, -0.2) is 121 Å². The molecule has 3 aliphatic heterocycles. The van der Waals surface area contributed by atoms with Gasteiger partial charge in [0.05, 0.1) is 20.8 Å². The fraction of sp³-hybridized carbons (Fsp3) is 0.270. The second-order valence-corrected chi connectivity index (χ2v) is 28.3. The zero-order valence-electron chi connectivity index (χ0n) is 53.1. The molecule has 6 heterocycles. The van der Waals surface area contributed by atoms with E-state index in [4.69, 9.17) is 0 Å². The van der Waals surface area contributed by atoms with Crippen molar-refractivity contribution in [1.29, 1.82) is 0 Å². The molecule has 0 radical (unpaired) electrons. The number of fused-ring (bicyclic) bond motifs is 3. The lowest BCUT2D eigenvalue weighted by molar-refractivity contribution is 0.281. The summed E-state index contributed by atoms with van der Waals surface area (Å²) in [7, 11) is -8.08. The summed E-state index contributed by atoms with van der Waals surface area (Å²) in [6.45, 7) is 11.8. The van der Waals surface area contributed by atoms with Crippen LogP contribution in [-0.2, 0) is 39.7 Å². The number of rotatable bonds is 18. The first-order chi connectivity index (χ1) is 45.3. The molecule has 14 rings (SSSR count). The monoisotopic (exact) mass is 1280 g/mol. The zero-order chi connectivity index (χ0) is 64.3. The first-order valence-electron chi connectivity index (χ1n) is 32.6. The third-order valence-electron chi connectivity index (χ3n) is 18.7. The third-order valence-corrected chi connectivity index (χ3v) is 22.1. The van der Waals surface area contributed by atoms with Crippen LogP contribution in [0.4, 0.5) is 17.1 Å². The number of nitrogens with zero attached hydrogens (tertiary/aromatic N) is 7. The molecule has 0 bridgehead atoms. The molecule has 478 valence electrons. The van der Waals surface area contributed by atoms with Gasteiger partial charge in [-0.05, 0) is 205 Å². The Morgan fingerprint density at radius 2 is 0.763 bits per heavy atom. The molecular formula is C74H83B2N9O6S2. The largest absolute Gasteiger partial charge is 0.437 e. The molecule has 0 unspecified atom stereocenters. The standard InChI is InChI=1S/C27H30BN3O3S.C26H27N3O2S.C21H26BN3O/c1-28(32)29-17-15-24(16-18-29)30(21-22-8-4-2-5-9-22)25-12-13-27-23(20-25)14-19-31(27)35(33,34)26-10-6-3-7-11-26;30-32(31,25-9-5-2-6-10-25)29-18-15-22-19-24(11-12-26(22)29)28(23-13-16-27-17-14-23)20-21-7-3-1-4-8-21;1-22(26)24-13-10-19(11-14-24)25(16-17-5-3-2-4-6-17)20-7-8-21-18(15-20)9-12-23-21/h2-14,19-20,24,32H,15-18,21H2,1H3;1-12,15,18-19,23,27H,13-14,16-17,20H2;2-9,12,15,19,23,26H,10-11,13-14,16H2,1H3. The topological polar surface area (TPSA) is 163 Å². The van der Waals surface area contributed by atoms with E-state index in [1.165, 1.54) is 41.2 Å². The Kier molecular flexibility index (Phi) is 20.7. The molecule has 0 aliphatic carbocycles. The van der Waals surface area contributed by atoms with E-state index in [9.17, 15) is 26.9 Å². The van der Waals surface area contributed by atoms with E-state index in [2.05, 4.69) is 156 Å². The highest BCUT2D eigenvalue weighted by Crippen LogP contribution is 2.34. The van der Waals surface area contributed by atoms with E-state index in [1.54, 1.807) is 60.9 Å². The van der Waals surface area contributed by atoms with Gasteiger partial charge in [0.1, 0.15) is 0 Å². The average Bonchev–Trinajstić information content (AvgIpc) is 1.68. The Balaban J connectivity index is 0.000000136. The molecule has 11 aromatic rings. The molecule has 3 aromatic heterocycles. The normalized spacial score (nSPS) is 15.5. The molecule has 93 heavy (non-hydrogen) atoms. The minimum absolute atomic E-state index is 0.275. The molecule has 0 amide bonds. The summed E-state index contributed by atoms with van der Waals surface area (Å²) in [5.74, 6) is 0. The highest BCUT2D eigenvalue weighted by Gasteiger charge is 2.31. The Morgan fingerprint density at radius 1 is 0.419 bits per heavy atom. The second kappa shape index (κ2) is 29.7. The third kappa shape index (κ3) is 15.3. The number of aromatic nitrogens is 3. The van der Waals surface area contributed by atoms with Crippen molar-refractivity contribution in [2.24, 2.45) is 0 Å². The van der Waals surface area contributed by atoms with Crippen LogP contribution in [0, 0.1) is 0 Å². The molecule has 19 heteroatoms. The number of piperidine rings is 3. The van der Waals surface area contributed by atoms with E-state index in [0.717, 1.165) is 120 Å². The first kappa shape index (κ1) is 64.7. The lowest BCUT2D eigenvalue weighted by Crippen LogP contribution is -2.49. The van der Waals surface area contributed by atoms with Gasteiger partial charge in [0.2, 0.25) is 0 Å². The van der Waals surface area contributed by atoms with Crippen molar-refractivity contribution in [3.8, 4) is 0 Å². The van der Waals surface area contributed by atoms with E-state index >= 15 is 0 Å². The molecule has 0 atom stereocenters. The number of benzene rings is 8. The molecule has 3 aliphatic rings. The second-order valence-electron chi connectivity index (χ2n) is 24.7. The fourth-order valence-electron chi connectivity index (χ4n) is 13.5. The van der Waals surface area contributed by atoms with Crippen molar-refractivity contribution in [1.82, 2.24) is 27.9 Å². The summed E-state index contributed by atoms with van der Waals surface area (Å²) < 4.78 is 55.5.